The lowest BCUT2D eigenvalue weighted by molar-refractivity contribution is -0.461. The second-order valence-electron chi connectivity index (χ2n) is 12.4. The number of nitrogens with one attached hydrogen (secondary N) is 2. The van der Waals surface area contributed by atoms with Crippen molar-refractivity contribution in [3.05, 3.63) is 0 Å². The van der Waals surface area contributed by atoms with Crippen molar-refractivity contribution in [1.82, 2.24) is 10.9 Å². The first-order valence-electron chi connectivity index (χ1n) is 14.0. The standard InChI is InChI=1S/C25H27F17N2O4/c26-18(27,19(28,29)20(30,31)21(32,33)22(34,35)23(36,37)24(38,39)25(40,41)42)2-1-4-47-15(45)43-44-16(46)48-5-3-17-9-12-6-13(10-17)8-14(7-12)11-17/h12-14H,1-11H2,(H,43,45)(H,44,46). The van der Waals surface area contributed by atoms with Crippen molar-refractivity contribution in [2.45, 2.75) is 105 Å². The highest BCUT2D eigenvalue weighted by molar-refractivity contribution is 5.73. The van der Waals surface area contributed by atoms with Gasteiger partial charge in [0.25, 0.3) is 0 Å². The molecule has 0 saturated heterocycles. The number of alkyl halides is 17. The lowest BCUT2D eigenvalue weighted by atomic mass is 9.49. The lowest BCUT2D eigenvalue weighted by Crippen LogP contribution is -2.74. The van der Waals surface area contributed by atoms with Gasteiger partial charge in [-0.3, -0.25) is 0 Å². The molecule has 280 valence electrons. The zero-order valence-corrected chi connectivity index (χ0v) is 24.1. The Bertz CT molecular complexity index is 1160. The zero-order chi connectivity index (χ0) is 37.0. The van der Waals surface area contributed by atoms with Gasteiger partial charge in [0.05, 0.1) is 13.2 Å². The summed E-state index contributed by atoms with van der Waals surface area (Å²) in [6, 6.07) is 0. The first kappa shape index (κ1) is 39.8. The Labute approximate surface area is 259 Å². The van der Waals surface area contributed by atoms with E-state index in [1.807, 2.05) is 0 Å². The van der Waals surface area contributed by atoms with E-state index < -0.39 is 79.3 Å². The first-order valence-corrected chi connectivity index (χ1v) is 14.0. The molecule has 48 heavy (non-hydrogen) atoms. The minimum atomic E-state index is -8.70. The molecule has 0 aromatic rings. The van der Waals surface area contributed by atoms with Crippen LogP contribution in [-0.2, 0) is 9.47 Å². The molecule has 23 heteroatoms. The van der Waals surface area contributed by atoms with E-state index in [2.05, 4.69) is 4.74 Å². The van der Waals surface area contributed by atoms with Crippen molar-refractivity contribution in [3.63, 3.8) is 0 Å². The van der Waals surface area contributed by atoms with E-state index in [0.29, 0.717) is 24.2 Å². The van der Waals surface area contributed by atoms with Crippen LogP contribution in [0, 0.1) is 23.2 Å². The van der Waals surface area contributed by atoms with Gasteiger partial charge in [0.2, 0.25) is 0 Å². The molecule has 2 amide bonds. The molecule has 4 saturated carbocycles. The maximum Gasteiger partial charge on any atom is 0.460 e. The average Bonchev–Trinajstić information content (AvgIpc) is 2.92. The summed E-state index contributed by atoms with van der Waals surface area (Å²) in [6.45, 7) is -1.50. The van der Waals surface area contributed by atoms with Crippen LogP contribution in [0.4, 0.5) is 84.2 Å². The van der Waals surface area contributed by atoms with Crippen LogP contribution >= 0.6 is 0 Å². The summed E-state index contributed by atoms with van der Waals surface area (Å²) in [6.07, 6.45) is -8.19. The molecule has 0 aliphatic heterocycles. The predicted octanol–water partition coefficient (Wildman–Crippen LogP) is 8.75. The number of carbonyl (C=O) groups is 2. The van der Waals surface area contributed by atoms with Gasteiger partial charge in [0, 0.05) is 6.42 Å². The van der Waals surface area contributed by atoms with E-state index in [1.54, 1.807) is 5.43 Å². The van der Waals surface area contributed by atoms with E-state index in [-0.39, 0.29) is 12.0 Å². The summed E-state index contributed by atoms with van der Waals surface area (Å²) < 4.78 is 235. The minimum Gasteiger partial charge on any atom is -0.448 e. The fraction of sp³-hybridized carbons (Fsp3) is 0.920. The molecule has 4 rings (SSSR count). The van der Waals surface area contributed by atoms with Crippen LogP contribution < -0.4 is 10.9 Å². The summed E-state index contributed by atoms with van der Waals surface area (Å²) in [5, 5.41) is 0. The summed E-state index contributed by atoms with van der Waals surface area (Å²) in [5.74, 6) is -55.1. The van der Waals surface area contributed by atoms with Gasteiger partial charge in [0.1, 0.15) is 0 Å². The lowest BCUT2D eigenvalue weighted by Gasteiger charge is -2.57. The van der Waals surface area contributed by atoms with E-state index in [0.717, 1.165) is 38.5 Å². The Morgan fingerprint density at radius 2 is 0.896 bits per heavy atom. The van der Waals surface area contributed by atoms with Crippen molar-refractivity contribution < 1.29 is 93.7 Å². The summed E-state index contributed by atoms with van der Waals surface area (Å²) in [5.41, 5.74) is 3.20. The van der Waals surface area contributed by atoms with E-state index in [9.17, 15) is 84.2 Å². The zero-order valence-electron chi connectivity index (χ0n) is 24.1. The molecule has 4 aliphatic rings. The first-order chi connectivity index (χ1) is 21.5. The normalized spacial score (nSPS) is 25.6. The van der Waals surface area contributed by atoms with Crippen molar-refractivity contribution in [2.75, 3.05) is 13.2 Å². The van der Waals surface area contributed by atoms with E-state index >= 15 is 0 Å². The highest BCUT2D eigenvalue weighted by atomic mass is 19.4. The predicted molar refractivity (Wildman–Crippen MR) is 124 cm³/mol. The molecular weight excluding hydrogens is 715 g/mol. The number of carbonyl (C=O) groups excluding carboxylic acids is 2. The van der Waals surface area contributed by atoms with E-state index in [1.165, 1.54) is 5.43 Å². The fourth-order valence-corrected chi connectivity index (χ4v) is 6.94. The van der Waals surface area contributed by atoms with Crippen LogP contribution in [0.15, 0.2) is 0 Å². The van der Waals surface area contributed by atoms with Crippen LogP contribution in [0.5, 0.6) is 0 Å². The number of hydrogen-bond acceptors (Lipinski definition) is 4. The van der Waals surface area contributed by atoms with Crippen molar-refractivity contribution in [3.8, 4) is 0 Å². The topological polar surface area (TPSA) is 76.7 Å². The molecule has 0 aromatic carbocycles. The Hall–Kier alpha value is -2.65. The summed E-state index contributed by atoms with van der Waals surface area (Å²) in [7, 11) is 0. The Balaban J connectivity index is 1.49. The van der Waals surface area contributed by atoms with Gasteiger partial charge in [-0.15, -0.1) is 0 Å². The molecule has 6 nitrogen and oxygen atoms in total. The molecule has 2 N–H and O–H groups in total. The molecular formula is C25H27F17N2O4. The third-order valence-corrected chi connectivity index (χ3v) is 8.95. The number of halogens is 17. The highest BCUT2D eigenvalue weighted by Gasteiger charge is 2.95. The van der Waals surface area contributed by atoms with Crippen LogP contribution in [0.1, 0.15) is 57.8 Å². The molecule has 0 heterocycles. The Morgan fingerprint density at radius 1 is 0.542 bits per heavy atom. The molecule has 0 aromatic heterocycles. The third kappa shape index (κ3) is 6.75. The van der Waals surface area contributed by atoms with Crippen molar-refractivity contribution in [1.29, 1.82) is 0 Å². The quantitative estimate of drug-likeness (QED) is 0.113. The number of ether oxygens (including phenoxy) is 2. The second kappa shape index (κ2) is 12.6. The molecule has 0 spiro atoms. The van der Waals surface area contributed by atoms with Gasteiger partial charge < -0.3 is 9.47 Å². The molecule has 4 fully saturated rings. The fourth-order valence-electron chi connectivity index (χ4n) is 6.94. The summed E-state index contributed by atoms with van der Waals surface area (Å²) in [4.78, 5) is 23.4. The van der Waals surface area contributed by atoms with Crippen LogP contribution in [-0.4, -0.2) is 73.0 Å². The molecule has 0 radical (unpaired) electrons. The number of hydrazine groups is 1. The molecule has 4 bridgehead atoms. The molecule has 0 atom stereocenters. The Morgan fingerprint density at radius 3 is 1.29 bits per heavy atom. The van der Waals surface area contributed by atoms with Gasteiger partial charge in [-0.05, 0) is 74.5 Å². The minimum absolute atomic E-state index is 0.0217. The number of amides is 2. The molecule has 0 unspecified atom stereocenters. The van der Waals surface area contributed by atoms with Gasteiger partial charge in [-0.1, -0.05) is 0 Å². The maximum absolute atomic E-state index is 13.9. The third-order valence-electron chi connectivity index (χ3n) is 8.95. The molecule has 4 aliphatic carbocycles. The van der Waals surface area contributed by atoms with Crippen LogP contribution in [0.3, 0.4) is 0 Å². The van der Waals surface area contributed by atoms with Gasteiger partial charge >= 0.3 is 59.8 Å². The van der Waals surface area contributed by atoms with Gasteiger partial charge in [-0.2, -0.15) is 74.6 Å². The van der Waals surface area contributed by atoms with Gasteiger partial charge in [-0.25, -0.2) is 20.4 Å². The number of rotatable bonds is 13. The second-order valence-corrected chi connectivity index (χ2v) is 12.4. The summed E-state index contributed by atoms with van der Waals surface area (Å²) >= 11 is 0. The smallest absolute Gasteiger partial charge is 0.448 e. The maximum atomic E-state index is 13.9. The van der Waals surface area contributed by atoms with Crippen LogP contribution in [0.2, 0.25) is 0 Å². The van der Waals surface area contributed by atoms with Crippen molar-refractivity contribution in [2.24, 2.45) is 23.2 Å². The monoisotopic (exact) mass is 742 g/mol. The SMILES string of the molecule is O=C(NNC(=O)OCCC12CC3CC(CC(C3)C1)C2)OCCCC(F)(F)C(F)(F)C(F)(F)C(F)(F)C(F)(F)C(F)(F)C(F)(F)C(F)(F)F. The van der Waals surface area contributed by atoms with Crippen LogP contribution in [0.25, 0.3) is 0 Å². The highest BCUT2D eigenvalue weighted by Crippen LogP contribution is 2.64. The van der Waals surface area contributed by atoms with E-state index in [4.69, 9.17) is 4.74 Å². The van der Waals surface area contributed by atoms with Gasteiger partial charge in [0.15, 0.2) is 0 Å². The average molecular weight is 742 g/mol. The Kier molecular flexibility index (Phi) is 10.4. The largest absolute Gasteiger partial charge is 0.460 e. The van der Waals surface area contributed by atoms with Crippen molar-refractivity contribution >= 4 is 12.2 Å². The number of hydrogen-bond donors (Lipinski definition) is 2.